The molecular formula is C20H16F2N6O2. The fourth-order valence-electron chi connectivity index (χ4n) is 3.05. The van der Waals surface area contributed by atoms with Crippen molar-refractivity contribution in [3.05, 3.63) is 71.9 Å². The molecule has 1 N–H and O–H groups in total. The zero-order valence-electron chi connectivity index (χ0n) is 16.0. The van der Waals surface area contributed by atoms with Gasteiger partial charge in [-0.05, 0) is 31.2 Å². The lowest BCUT2D eigenvalue weighted by Gasteiger charge is -2.26. The molecule has 0 amide bonds. The molecule has 0 fully saturated rings. The Morgan fingerprint density at radius 3 is 2.53 bits per heavy atom. The van der Waals surface area contributed by atoms with Crippen molar-refractivity contribution in [3.63, 3.8) is 0 Å². The van der Waals surface area contributed by atoms with Gasteiger partial charge in [-0.2, -0.15) is 0 Å². The van der Waals surface area contributed by atoms with Gasteiger partial charge in [-0.3, -0.25) is 9.38 Å². The van der Waals surface area contributed by atoms with Crippen LogP contribution in [0.15, 0.2) is 49.1 Å². The van der Waals surface area contributed by atoms with Gasteiger partial charge in [-0.1, -0.05) is 0 Å². The van der Waals surface area contributed by atoms with Gasteiger partial charge in [0.25, 0.3) is 0 Å². The van der Waals surface area contributed by atoms with Crippen LogP contribution in [-0.4, -0.2) is 42.5 Å². The molecule has 0 spiro atoms. The number of pyridine rings is 2. The van der Waals surface area contributed by atoms with E-state index in [1.165, 1.54) is 47.3 Å². The van der Waals surface area contributed by atoms with E-state index >= 15 is 0 Å². The molecule has 4 aromatic heterocycles. The maximum Gasteiger partial charge on any atom is 0.341 e. The normalized spacial score (nSPS) is 12.1. The Bertz CT molecular complexity index is 1240. The number of fused-ring (bicyclic) bond motifs is 1. The summed E-state index contributed by atoms with van der Waals surface area (Å²) in [4.78, 5) is 30.2. The van der Waals surface area contributed by atoms with Crippen molar-refractivity contribution in [1.82, 2.24) is 24.3 Å². The molecule has 1 atom stereocenters. The van der Waals surface area contributed by atoms with Gasteiger partial charge in [0.1, 0.15) is 34.4 Å². The van der Waals surface area contributed by atoms with Crippen LogP contribution in [0.5, 0.6) is 0 Å². The van der Waals surface area contributed by atoms with Crippen molar-refractivity contribution < 1.29 is 18.7 Å². The number of halogens is 2. The topological polar surface area (TPSA) is 96.5 Å². The average Bonchev–Trinajstić information content (AvgIpc) is 3.15. The van der Waals surface area contributed by atoms with Crippen LogP contribution in [0.25, 0.3) is 17.2 Å². The van der Waals surface area contributed by atoms with Crippen LogP contribution in [0.4, 0.5) is 14.6 Å². The Labute approximate surface area is 169 Å². The van der Waals surface area contributed by atoms with Gasteiger partial charge in [-0.15, -0.1) is 0 Å². The standard InChI is InChI=1S/C20H16F2N6O2/c1-11(15-5-3-12(21)7-23-15)27(2)19-14(20(29)30)8-25-18(26-19)16-9-24-17-6-4-13(22)10-28(16)17/h3-11H,1-2H3,(H,29,30)/t11-/m0/s1. The van der Waals surface area contributed by atoms with Crippen molar-refractivity contribution in [2.24, 2.45) is 0 Å². The number of hydrogen-bond acceptors (Lipinski definition) is 6. The number of nitrogens with zero attached hydrogens (tertiary/aromatic N) is 6. The molecule has 8 nitrogen and oxygen atoms in total. The summed E-state index contributed by atoms with van der Waals surface area (Å²) < 4.78 is 28.4. The summed E-state index contributed by atoms with van der Waals surface area (Å²) in [5.41, 5.74) is 1.32. The SMILES string of the molecule is C[C@@H](c1ccc(F)cn1)N(C)c1nc(-c2cnc3ccc(F)cn23)ncc1C(=O)O. The number of hydrogen-bond donors (Lipinski definition) is 1. The van der Waals surface area contributed by atoms with Crippen molar-refractivity contribution in [1.29, 1.82) is 0 Å². The Balaban J connectivity index is 1.80. The molecule has 0 unspecified atom stereocenters. The predicted molar refractivity (Wildman–Crippen MR) is 104 cm³/mol. The third-order valence-electron chi connectivity index (χ3n) is 4.79. The molecule has 10 heteroatoms. The highest BCUT2D eigenvalue weighted by Gasteiger charge is 2.23. The number of anilines is 1. The van der Waals surface area contributed by atoms with Crippen LogP contribution in [0.3, 0.4) is 0 Å². The molecule has 4 heterocycles. The fraction of sp³-hybridized carbons (Fsp3) is 0.150. The van der Waals surface area contributed by atoms with E-state index in [-0.39, 0.29) is 17.2 Å². The van der Waals surface area contributed by atoms with Crippen LogP contribution in [0.1, 0.15) is 29.0 Å². The van der Waals surface area contributed by atoms with Crippen molar-refractivity contribution in [3.8, 4) is 11.5 Å². The first-order valence-electron chi connectivity index (χ1n) is 8.92. The third-order valence-corrected chi connectivity index (χ3v) is 4.79. The summed E-state index contributed by atoms with van der Waals surface area (Å²) in [6.07, 6.45) is 5.02. The largest absolute Gasteiger partial charge is 0.477 e. The van der Waals surface area contributed by atoms with E-state index in [9.17, 15) is 18.7 Å². The molecule has 0 aliphatic carbocycles. The number of imidazole rings is 1. The lowest BCUT2D eigenvalue weighted by Crippen LogP contribution is -2.26. The molecule has 0 aromatic carbocycles. The molecular weight excluding hydrogens is 394 g/mol. The highest BCUT2D eigenvalue weighted by atomic mass is 19.1. The van der Waals surface area contributed by atoms with E-state index in [0.29, 0.717) is 17.0 Å². The minimum absolute atomic E-state index is 0.116. The van der Waals surface area contributed by atoms with E-state index in [2.05, 4.69) is 19.9 Å². The van der Waals surface area contributed by atoms with Crippen LogP contribution in [0.2, 0.25) is 0 Å². The van der Waals surface area contributed by atoms with E-state index in [1.807, 2.05) is 0 Å². The van der Waals surface area contributed by atoms with Crippen molar-refractivity contribution >= 4 is 17.4 Å². The van der Waals surface area contributed by atoms with Gasteiger partial charge in [0, 0.05) is 19.4 Å². The van der Waals surface area contributed by atoms with Gasteiger partial charge < -0.3 is 10.0 Å². The van der Waals surface area contributed by atoms with Gasteiger partial charge in [-0.25, -0.2) is 28.5 Å². The lowest BCUT2D eigenvalue weighted by molar-refractivity contribution is 0.0696. The molecule has 4 rings (SSSR count). The Hall–Kier alpha value is -3.95. The maximum absolute atomic E-state index is 13.7. The second-order valence-electron chi connectivity index (χ2n) is 6.64. The molecule has 0 saturated carbocycles. The summed E-state index contributed by atoms with van der Waals surface area (Å²) in [7, 11) is 1.66. The van der Waals surface area contributed by atoms with Crippen molar-refractivity contribution in [2.45, 2.75) is 13.0 Å². The molecule has 0 aliphatic rings. The second-order valence-corrected chi connectivity index (χ2v) is 6.64. The van der Waals surface area contributed by atoms with E-state index in [4.69, 9.17) is 0 Å². The highest BCUT2D eigenvalue weighted by molar-refractivity contribution is 5.93. The highest BCUT2D eigenvalue weighted by Crippen LogP contribution is 2.28. The predicted octanol–water partition coefficient (Wildman–Crippen LogP) is 3.36. The molecule has 4 aromatic rings. The maximum atomic E-state index is 13.7. The summed E-state index contributed by atoms with van der Waals surface area (Å²) in [6, 6.07) is 5.19. The van der Waals surface area contributed by atoms with Gasteiger partial charge in [0.05, 0.1) is 24.1 Å². The summed E-state index contributed by atoms with van der Waals surface area (Å²) >= 11 is 0. The molecule has 0 saturated heterocycles. The van der Waals surface area contributed by atoms with Crippen LogP contribution in [-0.2, 0) is 0 Å². The summed E-state index contributed by atoms with van der Waals surface area (Å²) in [5, 5.41) is 9.59. The fourth-order valence-corrected chi connectivity index (χ4v) is 3.05. The van der Waals surface area contributed by atoms with Crippen LogP contribution < -0.4 is 4.90 Å². The molecule has 30 heavy (non-hydrogen) atoms. The number of carboxylic acid groups (broad SMARTS) is 1. The Morgan fingerprint density at radius 2 is 1.83 bits per heavy atom. The Kier molecular flexibility index (Phi) is 4.82. The van der Waals surface area contributed by atoms with Gasteiger partial charge in [0.2, 0.25) is 0 Å². The smallest absolute Gasteiger partial charge is 0.341 e. The average molecular weight is 410 g/mol. The monoisotopic (exact) mass is 410 g/mol. The molecule has 0 radical (unpaired) electrons. The first-order valence-corrected chi connectivity index (χ1v) is 8.92. The first-order chi connectivity index (χ1) is 14.3. The molecule has 152 valence electrons. The quantitative estimate of drug-likeness (QED) is 0.539. The van der Waals surface area contributed by atoms with Gasteiger partial charge in [0.15, 0.2) is 5.82 Å². The number of carbonyl (C=O) groups is 1. The summed E-state index contributed by atoms with van der Waals surface area (Å²) in [5.74, 6) is -1.82. The molecule has 0 aliphatic heterocycles. The van der Waals surface area contributed by atoms with E-state index in [0.717, 1.165) is 6.20 Å². The number of aromatic nitrogens is 5. The minimum Gasteiger partial charge on any atom is -0.477 e. The van der Waals surface area contributed by atoms with E-state index < -0.39 is 23.6 Å². The zero-order chi connectivity index (χ0) is 21.4. The number of aromatic carboxylic acids is 1. The summed E-state index contributed by atoms with van der Waals surface area (Å²) in [6.45, 7) is 1.79. The number of rotatable bonds is 5. The van der Waals surface area contributed by atoms with Crippen LogP contribution in [0, 0.1) is 11.6 Å². The third kappa shape index (κ3) is 3.43. The van der Waals surface area contributed by atoms with Gasteiger partial charge >= 0.3 is 5.97 Å². The number of carboxylic acids is 1. The first kappa shape index (κ1) is 19.4. The van der Waals surface area contributed by atoms with E-state index in [1.54, 1.807) is 18.9 Å². The molecule has 0 bridgehead atoms. The lowest BCUT2D eigenvalue weighted by atomic mass is 10.1. The second kappa shape index (κ2) is 7.47. The van der Waals surface area contributed by atoms with Crippen LogP contribution >= 0.6 is 0 Å². The Morgan fingerprint density at radius 1 is 1.07 bits per heavy atom. The minimum atomic E-state index is -1.20. The zero-order valence-corrected chi connectivity index (χ0v) is 16.0. The van der Waals surface area contributed by atoms with Crippen molar-refractivity contribution in [2.75, 3.05) is 11.9 Å².